The molecule has 0 unspecified atom stereocenters. The van der Waals surface area contributed by atoms with Crippen molar-refractivity contribution in [2.24, 2.45) is 0 Å². The van der Waals surface area contributed by atoms with Crippen LogP contribution in [0, 0.1) is 0 Å². The van der Waals surface area contributed by atoms with Crippen LogP contribution in [0.3, 0.4) is 0 Å². The van der Waals surface area contributed by atoms with Crippen LogP contribution in [0.4, 0.5) is 0 Å². The number of unbranched alkanes of at least 4 members (excludes halogenated alkanes) is 5. The highest BCUT2D eigenvalue weighted by molar-refractivity contribution is 5.85. The van der Waals surface area contributed by atoms with E-state index in [0.717, 1.165) is 85.9 Å². The third kappa shape index (κ3) is 6.73. The van der Waals surface area contributed by atoms with Gasteiger partial charge in [-0.3, -0.25) is 4.79 Å². The SMILES string of the molecule is CCCCOCCC(=O)CCCCCCC[n+]1c2ccccc2nc2c(OC)cccc21. The summed E-state index contributed by atoms with van der Waals surface area (Å²) in [5.41, 5.74) is 4.15. The van der Waals surface area contributed by atoms with Gasteiger partial charge < -0.3 is 9.47 Å². The van der Waals surface area contributed by atoms with Crippen LogP contribution >= 0.6 is 0 Å². The number of carbonyl (C=O) groups is 1. The molecule has 0 radical (unpaired) electrons. The summed E-state index contributed by atoms with van der Waals surface area (Å²) >= 11 is 0. The standard InChI is InChI=1S/C27H37N2O3/c1-3-4-20-32-21-18-22(30)13-8-6-5-7-11-19-29-24-15-10-9-14-23(24)28-27-25(29)16-12-17-26(27)31-2/h9-10,12,14-17H,3-8,11,13,18-21H2,1-2H3/q+1. The number of aryl methyl sites for hydroxylation is 1. The topological polar surface area (TPSA) is 52.3 Å². The fourth-order valence-electron chi connectivity index (χ4n) is 4.07. The van der Waals surface area contributed by atoms with E-state index in [1.54, 1.807) is 7.11 Å². The number of Topliss-reactive ketones (excluding diaryl/α,β-unsaturated/α-hetero) is 1. The van der Waals surface area contributed by atoms with Gasteiger partial charge in [-0.05, 0) is 31.4 Å². The quantitative estimate of drug-likeness (QED) is 0.171. The van der Waals surface area contributed by atoms with Crippen molar-refractivity contribution in [3.63, 3.8) is 0 Å². The molecule has 0 atom stereocenters. The van der Waals surface area contributed by atoms with E-state index in [1.807, 2.05) is 18.2 Å². The predicted molar refractivity (Wildman–Crippen MR) is 129 cm³/mol. The fourth-order valence-corrected chi connectivity index (χ4v) is 4.07. The molecule has 3 aromatic rings. The molecule has 3 rings (SSSR count). The summed E-state index contributed by atoms with van der Waals surface area (Å²) in [6.07, 6.45) is 8.97. The first-order valence-corrected chi connectivity index (χ1v) is 12.1. The third-order valence-corrected chi connectivity index (χ3v) is 5.90. The Bertz CT molecular complexity index is 1000. The summed E-state index contributed by atoms with van der Waals surface area (Å²) in [7, 11) is 1.69. The van der Waals surface area contributed by atoms with Crippen molar-refractivity contribution in [2.75, 3.05) is 20.3 Å². The molecule has 0 aliphatic carbocycles. The summed E-state index contributed by atoms with van der Waals surface area (Å²) in [6, 6.07) is 14.4. The van der Waals surface area contributed by atoms with Crippen LogP contribution < -0.4 is 9.30 Å². The zero-order valence-electron chi connectivity index (χ0n) is 19.6. The smallest absolute Gasteiger partial charge is 0.235 e. The molecule has 172 valence electrons. The summed E-state index contributed by atoms with van der Waals surface area (Å²) in [4.78, 5) is 16.8. The van der Waals surface area contributed by atoms with E-state index in [1.165, 1.54) is 0 Å². The minimum atomic E-state index is 0.334. The van der Waals surface area contributed by atoms with Crippen molar-refractivity contribution in [1.82, 2.24) is 4.98 Å². The number of nitrogens with zero attached hydrogens (tertiary/aromatic N) is 2. The molecule has 0 bridgehead atoms. The monoisotopic (exact) mass is 437 g/mol. The van der Waals surface area contributed by atoms with E-state index in [-0.39, 0.29) is 0 Å². The second-order valence-corrected chi connectivity index (χ2v) is 8.35. The number of methoxy groups -OCH3 is 1. The molecule has 2 aromatic carbocycles. The van der Waals surface area contributed by atoms with Crippen LogP contribution in [-0.2, 0) is 16.1 Å². The van der Waals surface area contributed by atoms with Crippen LogP contribution in [0.2, 0.25) is 0 Å². The minimum absolute atomic E-state index is 0.334. The molecule has 5 nitrogen and oxygen atoms in total. The predicted octanol–water partition coefficient (Wildman–Crippen LogP) is 5.80. The largest absolute Gasteiger partial charge is 0.494 e. The van der Waals surface area contributed by atoms with Gasteiger partial charge in [0.2, 0.25) is 11.0 Å². The molecule has 0 N–H and O–H groups in total. The normalized spacial score (nSPS) is 11.3. The number of rotatable bonds is 15. The molecular weight excluding hydrogens is 400 g/mol. The number of hydrogen-bond acceptors (Lipinski definition) is 4. The Labute approximate surface area is 191 Å². The Morgan fingerprint density at radius 3 is 2.50 bits per heavy atom. The maximum atomic E-state index is 12.0. The third-order valence-electron chi connectivity index (χ3n) is 5.90. The van der Waals surface area contributed by atoms with Crippen LogP contribution in [0.1, 0.15) is 64.7 Å². The van der Waals surface area contributed by atoms with E-state index >= 15 is 0 Å². The molecule has 0 fully saturated rings. The van der Waals surface area contributed by atoms with Crippen LogP contribution in [0.15, 0.2) is 42.5 Å². The second kappa shape index (κ2) is 13.1. The summed E-state index contributed by atoms with van der Waals surface area (Å²) < 4.78 is 13.4. The summed E-state index contributed by atoms with van der Waals surface area (Å²) in [5.74, 6) is 1.14. The zero-order valence-corrected chi connectivity index (χ0v) is 19.6. The molecule has 0 aliphatic rings. The Kier molecular flexibility index (Phi) is 9.89. The number of hydrogen-bond donors (Lipinski definition) is 0. The van der Waals surface area contributed by atoms with Crippen molar-refractivity contribution in [2.45, 2.75) is 71.3 Å². The van der Waals surface area contributed by atoms with Gasteiger partial charge in [0, 0.05) is 38.0 Å². The molecule has 0 amide bonds. The van der Waals surface area contributed by atoms with Crippen molar-refractivity contribution < 1.29 is 18.8 Å². The van der Waals surface area contributed by atoms with Gasteiger partial charge >= 0.3 is 0 Å². The highest BCUT2D eigenvalue weighted by atomic mass is 16.5. The average molecular weight is 438 g/mol. The van der Waals surface area contributed by atoms with E-state index in [0.29, 0.717) is 25.2 Å². The fraction of sp³-hybridized carbons (Fsp3) is 0.519. The molecular formula is C27H37N2O3+. The van der Waals surface area contributed by atoms with Gasteiger partial charge in [0.15, 0.2) is 11.3 Å². The first kappa shape index (κ1) is 24.1. The van der Waals surface area contributed by atoms with Gasteiger partial charge in [0.05, 0.1) is 13.7 Å². The van der Waals surface area contributed by atoms with Crippen molar-refractivity contribution in [1.29, 1.82) is 0 Å². The van der Waals surface area contributed by atoms with E-state index in [2.05, 4.69) is 35.8 Å². The lowest BCUT2D eigenvalue weighted by Gasteiger charge is -2.08. The zero-order chi connectivity index (χ0) is 22.6. The van der Waals surface area contributed by atoms with E-state index in [4.69, 9.17) is 14.5 Å². The Morgan fingerprint density at radius 2 is 1.66 bits per heavy atom. The first-order valence-electron chi connectivity index (χ1n) is 12.1. The molecule has 0 aliphatic heterocycles. The molecule has 1 heterocycles. The second-order valence-electron chi connectivity index (χ2n) is 8.35. The number of benzene rings is 2. The molecule has 1 aromatic heterocycles. The number of carbonyl (C=O) groups excluding carboxylic acids is 1. The Hall–Kier alpha value is -2.53. The molecule has 0 saturated carbocycles. The van der Waals surface area contributed by atoms with Gasteiger partial charge in [0.1, 0.15) is 17.8 Å². The number of para-hydroxylation sites is 3. The van der Waals surface area contributed by atoms with Crippen molar-refractivity contribution in [3.05, 3.63) is 42.5 Å². The lowest BCUT2D eigenvalue weighted by molar-refractivity contribution is -0.646. The lowest BCUT2D eigenvalue weighted by atomic mass is 10.1. The van der Waals surface area contributed by atoms with Gasteiger partial charge in [-0.15, -0.1) is 0 Å². The molecule has 5 heteroatoms. The van der Waals surface area contributed by atoms with Crippen LogP contribution in [-0.4, -0.2) is 31.1 Å². The Balaban J connectivity index is 1.46. The first-order chi connectivity index (χ1) is 15.7. The van der Waals surface area contributed by atoms with Crippen LogP contribution in [0.25, 0.3) is 22.1 Å². The molecule has 0 saturated heterocycles. The lowest BCUT2D eigenvalue weighted by Crippen LogP contribution is -2.36. The van der Waals surface area contributed by atoms with Crippen molar-refractivity contribution >= 4 is 27.9 Å². The van der Waals surface area contributed by atoms with Crippen molar-refractivity contribution in [3.8, 4) is 5.75 Å². The summed E-state index contributed by atoms with van der Waals surface area (Å²) in [6.45, 7) is 4.44. The minimum Gasteiger partial charge on any atom is -0.494 e. The van der Waals surface area contributed by atoms with E-state index < -0.39 is 0 Å². The number of aromatic nitrogens is 2. The molecule has 32 heavy (non-hydrogen) atoms. The highest BCUT2D eigenvalue weighted by Crippen LogP contribution is 2.23. The number of fused-ring (bicyclic) bond motifs is 2. The maximum absolute atomic E-state index is 12.0. The van der Waals surface area contributed by atoms with E-state index in [9.17, 15) is 4.79 Å². The number of ketones is 1. The van der Waals surface area contributed by atoms with Gasteiger partial charge in [-0.2, -0.15) is 4.57 Å². The van der Waals surface area contributed by atoms with Crippen LogP contribution in [0.5, 0.6) is 5.75 Å². The average Bonchev–Trinajstić information content (AvgIpc) is 2.82. The maximum Gasteiger partial charge on any atom is 0.235 e. The number of ether oxygens (including phenoxy) is 2. The van der Waals surface area contributed by atoms with Gasteiger partial charge in [-0.25, -0.2) is 4.98 Å². The van der Waals surface area contributed by atoms with Gasteiger partial charge in [-0.1, -0.05) is 44.4 Å². The van der Waals surface area contributed by atoms with Gasteiger partial charge in [0.25, 0.3) is 0 Å². The molecule has 0 spiro atoms. The Morgan fingerprint density at radius 1 is 0.875 bits per heavy atom. The summed E-state index contributed by atoms with van der Waals surface area (Å²) in [5, 5.41) is 0. The highest BCUT2D eigenvalue weighted by Gasteiger charge is 2.18.